The molecule has 0 spiro atoms. The molecule has 162 valence electrons. The van der Waals surface area contributed by atoms with Crippen LogP contribution < -0.4 is 15.6 Å². The number of nitrogens with one attached hydrogen (secondary N) is 1. The van der Waals surface area contributed by atoms with E-state index in [1.165, 1.54) is 29.7 Å². The third-order valence-corrected chi connectivity index (χ3v) is 7.02. The van der Waals surface area contributed by atoms with E-state index in [0.717, 1.165) is 35.8 Å². The van der Waals surface area contributed by atoms with E-state index in [-0.39, 0.29) is 11.4 Å². The Hall–Kier alpha value is -2.65. The summed E-state index contributed by atoms with van der Waals surface area (Å²) in [5.74, 6) is 0.0455. The van der Waals surface area contributed by atoms with Crippen LogP contribution in [0.25, 0.3) is 0 Å². The molecule has 1 fully saturated rings. The van der Waals surface area contributed by atoms with Crippen molar-refractivity contribution in [1.29, 1.82) is 0 Å². The number of aromatic nitrogens is 1. The third-order valence-electron chi connectivity index (χ3n) is 5.11. The zero-order chi connectivity index (χ0) is 21.7. The number of methoxy groups -OCH3 is 1. The number of benzene rings is 1. The summed E-state index contributed by atoms with van der Waals surface area (Å²) in [7, 11) is -2.40. The molecule has 1 aliphatic rings. The average molecular weight is 434 g/mol. The number of anilines is 1. The van der Waals surface area contributed by atoms with Gasteiger partial charge in [-0.2, -0.15) is 4.31 Å². The number of hydrogen-bond donors (Lipinski definition) is 1. The first kappa shape index (κ1) is 22.0. The number of hydrogen-bond acceptors (Lipinski definition) is 5. The van der Waals surface area contributed by atoms with E-state index < -0.39 is 21.5 Å². The lowest BCUT2D eigenvalue weighted by Gasteiger charge is -2.20. The zero-order valence-corrected chi connectivity index (χ0v) is 18.1. The molecular formula is C21H27N3O5S. The highest BCUT2D eigenvalue weighted by Crippen LogP contribution is 2.25. The number of carbonyl (C=O) groups is 1. The van der Waals surface area contributed by atoms with Gasteiger partial charge in [0, 0.05) is 19.3 Å². The van der Waals surface area contributed by atoms with Crippen LogP contribution in [0.4, 0.5) is 5.69 Å². The summed E-state index contributed by atoms with van der Waals surface area (Å²) in [5, 5.41) is 2.72. The fourth-order valence-corrected chi connectivity index (χ4v) is 5.13. The fourth-order valence-electron chi connectivity index (χ4n) is 3.52. The molecule has 0 bridgehead atoms. The number of aryl methyl sites for hydroxylation is 1. The molecule has 0 aliphatic carbocycles. The van der Waals surface area contributed by atoms with Gasteiger partial charge in [0.05, 0.1) is 12.8 Å². The molecule has 1 N–H and O–H groups in total. The van der Waals surface area contributed by atoms with Gasteiger partial charge in [-0.15, -0.1) is 0 Å². The monoisotopic (exact) mass is 433 g/mol. The van der Waals surface area contributed by atoms with Gasteiger partial charge in [-0.25, -0.2) is 8.42 Å². The SMILES string of the molecule is COc1ccc(C)cc1NC(=O)Cn1cccc(S(=O)(=O)N2CCCCCC2)c1=O. The number of ether oxygens (including phenoxy) is 1. The molecule has 0 saturated carbocycles. The Kier molecular flexibility index (Phi) is 6.94. The van der Waals surface area contributed by atoms with Crippen molar-refractivity contribution < 1.29 is 17.9 Å². The number of nitrogens with zero attached hydrogens (tertiary/aromatic N) is 2. The maximum Gasteiger partial charge on any atom is 0.271 e. The minimum Gasteiger partial charge on any atom is -0.495 e. The van der Waals surface area contributed by atoms with Gasteiger partial charge in [0.2, 0.25) is 15.9 Å². The highest BCUT2D eigenvalue weighted by molar-refractivity contribution is 7.89. The van der Waals surface area contributed by atoms with E-state index in [4.69, 9.17) is 4.74 Å². The smallest absolute Gasteiger partial charge is 0.271 e. The summed E-state index contributed by atoms with van der Waals surface area (Å²) in [4.78, 5) is 25.1. The minimum atomic E-state index is -3.90. The molecule has 8 nitrogen and oxygen atoms in total. The van der Waals surface area contributed by atoms with Crippen molar-refractivity contribution in [3.05, 3.63) is 52.4 Å². The lowest BCUT2D eigenvalue weighted by Crippen LogP contribution is -2.37. The summed E-state index contributed by atoms with van der Waals surface area (Å²) in [6.45, 7) is 2.39. The van der Waals surface area contributed by atoms with E-state index >= 15 is 0 Å². The van der Waals surface area contributed by atoms with Gasteiger partial charge < -0.3 is 14.6 Å². The number of carbonyl (C=O) groups excluding carboxylic acids is 1. The molecule has 1 saturated heterocycles. The molecule has 1 amide bonds. The summed E-state index contributed by atoms with van der Waals surface area (Å²) < 4.78 is 33.7. The molecule has 0 radical (unpaired) electrons. The van der Waals surface area contributed by atoms with E-state index in [1.54, 1.807) is 12.1 Å². The van der Waals surface area contributed by atoms with Gasteiger partial charge in [-0.05, 0) is 49.6 Å². The summed E-state index contributed by atoms with van der Waals surface area (Å²) in [6, 6.07) is 8.15. The largest absolute Gasteiger partial charge is 0.495 e. The summed E-state index contributed by atoms with van der Waals surface area (Å²) in [5.41, 5.74) is 0.728. The topological polar surface area (TPSA) is 97.7 Å². The van der Waals surface area contributed by atoms with Crippen molar-refractivity contribution in [2.75, 3.05) is 25.5 Å². The first-order chi connectivity index (χ1) is 14.3. The second-order valence-electron chi connectivity index (χ2n) is 7.38. The van der Waals surface area contributed by atoms with Crippen molar-refractivity contribution in [3.63, 3.8) is 0 Å². The Labute approximate surface area is 176 Å². The predicted molar refractivity (Wildman–Crippen MR) is 114 cm³/mol. The van der Waals surface area contributed by atoms with Gasteiger partial charge in [-0.3, -0.25) is 9.59 Å². The maximum atomic E-state index is 13.0. The van der Waals surface area contributed by atoms with Gasteiger partial charge in [0.15, 0.2) is 0 Å². The standard InChI is InChI=1S/C21H27N3O5S/c1-16-9-10-18(29-2)17(14-16)22-20(25)15-23-11-7-8-19(21(23)26)30(27,28)24-12-5-3-4-6-13-24/h7-11,14H,3-6,12-13,15H2,1-2H3,(H,22,25). The molecule has 2 heterocycles. The van der Waals surface area contributed by atoms with Crippen molar-refractivity contribution in [3.8, 4) is 5.75 Å². The fraction of sp³-hybridized carbons (Fsp3) is 0.429. The van der Waals surface area contributed by atoms with Crippen LogP contribution in [0.2, 0.25) is 0 Å². The normalized spacial score (nSPS) is 15.4. The predicted octanol–water partition coefficient (Wildman–Crippen LogP) is 2.37. The Morgan fingerprint density at radius 1 is 1.13 bits per heavy atom. The van der Waals surface area contributed by atoms with Crippen molar-refractivity contribution >= 4 is 21.6 Å². The van der Waals surface area contributed by atoms with E-state index in [2.05, 4.69) is 5.32 Å². The van der Waals surface area contributed by atoms with Gasteiger partial charge in [0.1, 0.15) is 17.2 Å². The molecule has 1 aromatic carbocycles. The van der Waals surface area contributed by atoms with Crippen molar-refractivity contribution in [2.45, 2.75) is 44.0 Å². The Morgan fingerprint density at radius 3 is 2.50 bits per heavy atom. The number of rotatable bonds is 6. The lowest BCUT2D eigenvalue weighted by molar-refractivity contribution is -0.116. The number of pyridine rings is 1. The van der Waals surface area contributed by atoms with Gasteiger partial charge in [-0.1, -0.05) is 18.9 Å². The summed E-state index contributed by atoms with van der Waals surface area (Å²) >= 11 is 0. The average Bonchev–Trinajstić information content (AvgIpc) is 3.00. The molecule has 0 atom stereocenters. The Balaban J connectivity index is 1.82. The van der Waals surface area contributed by atoms with Crippen LogP contribution in [0, 0.1) is 6.92 Å². The minimum absolute atomic E-state index is 0.298. The molecule has 3 rings (SSSR count). The molecule has 9 heteroatoms. The first-order valence-electron chi connectivity index (χ1n) is 9.97. The molecule has 2 aromatic rings. The van der Waals surface area contributed by atoms with Gasteiger partial charge >= 0.3 is 0 Å². The quantitative estimate of drug-likeness (QED) is 0.754. The molecule has 1 aliphatic heterocycles. The molecule has 0 unspecified atom stereocenters. The highest BCUT2D eigenvalue weighted by Gasteiger charge is 2.28. The second-order valence-corrected chi connectivity index (χ2v) is 9.28. The van der Waals surface area contributed by atoms with Crippen molar-refractivity contribution in [1.82, 2.24) is 8.87 Å². The molecule has 30 heavy (non-hydrogen) atoms. The van der Waals surface area contributed by atoms with Crippen molar-refractivity contribution in [2.24, 2.45) is 0 Å². The van der Waals surface area contributed by atoms with Crippen LogP contribution in [0.15, 0.2) is 46.2 Å². The number of sulfonamides is 1. The second kappa shape index (κ2) is 9.44. The van der Waals surface area contributed by atoms with E-state index in [0.29, 0.717) is 24.5 Å². The zero-order valence-electron chi connectivity index (χ0n) is 17.3. The number of amides is 1. The van der Waals surface area contributed by atoms with Crippen LogP contribution in [0.5, 0.6) is 5.75 Å². The van der Waals surface area contributed by atoms with E-state index in [1.807, 2.05) is 13.0 Å². The van der Waals surface area contributed by atoms with Gasteiger partial charge in [0.25, 0.3) is 5.56 Å². The maximum absolute atomic E-state index is 13.0. The van der Waals surface area contributed by atoms with E-state index in [9.17, 15) is 18.0 Å². The molecule has 1 aromatic heterocycles. The van der Waals surface area contributed by atoms with Crippen LogP contribution in [-0.4, -0.2) is 43.4 Å². The van der Waals surface area contributed by atoms with Crippen LogP contribution in [0.3, 0.4) is 0 Å². The Bertz CT molecular complexity index is 1070. The lowest BCUT2D eigenvalue weighted by atomic mass is 10.2. The van der Waals surface area contributed by atoms with Crippen LogP contribution >= 0.6 is 0 Å². The van der Waals surface area contributed by atoms with Crippen LogP contribution in [-0.2, 0) is 21.4 Å². The Morgan fingerprint density at radius 2 is 1.83 bits per heavy atom. The molecular weight excluding hydrogens is 406 g/mol. The summed E-state index contributed by atoms with van der Waals surface area (Å²) in [6.07, 6.45) is 4.93. The van der Waals surface area contributed by atoms with Crippen LogP contribution in [0.1, 0.15) is 31.2 Å². The highest BCUT2D eigenvalue weighted by atomic mass is 32.2. The third kappa shape index (κ3) is 4.91. The first-order valence-corrected chi connectivity index (χ1v) is 11.4.